The van der Waals surface area contributed by atoms with Crippen molar-refractivity contribution in [2.45, 2.75) is 6.61 Å². The Morgan fingerprint density at radius 2 is 2.05 bits per heavy atom. The van der Waals surface area contributed by atoms with E-state index in [0.717, 1.165) is 6.07 Å². The molecule has 0 aliphatic heterocycles. The third-order valence-corrected chi connectivity index (χ3v) is 2.85. The lowest BCUT2D eigenvalue weighted by molar-refractivity contribution is -0.385. The van der Waals surface area contributed by atoms with Gasteiger partial charge in [-0.1, -0.05) is 11.6 Å². The van der Waals surface area contributed by atoms with Crippen molar-refractivity contribution in [3.8, 4) is 11.5 Å². The number of hydrogen-bond donors (Lipinski definition) is 1. The van der Waals surface area contributed by atoms with E-state index in [2.05, 4.69) is 0 Å². The van der Waals surface area contributed by atoms with Gasteiger partial charge in [-0.3, -0.25) is 10.1 Å². The minimum Gasteiger partial charge on any atom is -0.457 e. The van der Waals surface area contributed by atoms with Crippen LogP contribution >= 0.6 is 11.6 Å². The number of rotatable bonds is 4. The largest absolute Gasteiger partial charge is 0.457 e. The number of hydrogen-bond acceptors (Lipinski definition) is 4. The van der Waals surface area contributed by atoms with Gasteiger partial charge in [-0.25, -0.2) is 4.39 Å². The van der Waals surface area contributed by atoms with E-state index >= 15 is 0 Å². The predicted molar refractivity (Wildman–Crippen MR) is 70.5 cm³/mol. The van der Waals surface area contributed by atoms with E-state index in [0.29, 0.717) is 0 Å². The van der Waals surface area contributed by atoms with Gasteiger partial charge in [0.05, 0.1) is 16.6 Å². The second-order valence-electron chi connectivity index (χ2n) is 3.89. The van der Waals surface area contributed by atoms with E-state index in [1.54, 1.807) is 0 Å². The van der Waals surface area contributed by atoms with Crippen LogP contribution < -0.4 is 4.74 Å². The Kier molecular flexibility index (Phi) is 4.16. The van der Waals surface area contributed by atoms with Gasteiger partial charge >= 0.3 is 0 Å². The molecule has 0 aromatic heterocycles. The number of nitrogens with zero attached hydrogens (tertiary/aromatic N) is 1. The topological polar surface area (TPSA) is 72.6 Å². The molecule has 0 amide bonds. The molecule has 0 atom stereocenters. The molecule has 7 heteroatoms. The fraction of sp³-hybridized carbons (Fsp3) is 0.0769. The van der Waals surface area contributed by atoms with Crippen LogP contribution in [0.2, 0.25) is 5.02 Å². The summed E-state index contributed by atoms with van der Waals surface area (Å²) in [5.41, 5.74) is 0.0678. The third-order valence-electron chi connectivity index (χ3n) is 2.54. The Hall–Kier alpha value is -2.18. The second kappa shape index (κ2) is 5.85. The first-order chi connectivity index (χ1) is 9.51. The zero-order valence-corrected chi connectivity index (χ0v) is 10.8. The monoisotopic (exact) mass is 297 g/mol. The molecule has 2 rings (SSSR count). The SMILES string of the molecule is O=[N+]([O-])c1ccc(Oc2ccc(Cl)c(F)c2)c(CO)c1. The molecule has 0 saturated carbocycles. The predicted octanol–water partition coefficient (Wildman–Crippen LogP) is 3.67. The van der Waals surface area contributed by atoms with Gasteiger partial charge in [0.1, 0.15) is 17.3 Å². The van der Waals surface area contributed by atoms with Gasteiger partial charge in [-0.15, -0.1) is 0 Å². The number of nitro benzene ring substituents is 1. The number of ether oxygens (including phenoxy) is 1. The molecule has 0 saturated heterocycles. The van der Waals surface area contributed by atoms with Crippen molar-refractivity contribution in [1.82, 2.24) is 0 Å². The lowest BCUT2D eigenvalue weighted by Gasteiger charge is -2.10. The van der Waals surface area contributed by atoms with E-state index in [9.17, 15) is 19.6 Å². The average Bonchev–Trinajstić information content (AvgIpc) is 2.43. The molecule has 20 heavy (non-hydrogen) atoms. The van der Waals surface area contributed by atoms with Gasteiger partial charge < -0.3 is 9.84 Å². The summed E-state index contributed by atoms with van der Waals surface area (Å²) in [7, 11) is 0. The zero-order valence-electron chi connectivity index (χ0n) is 10.0. The van der Waals surface area contributed by atoms with Crippen molar-refractivity contribution >= 4 is 17.3 Å². The minimum absolute atomic E-state index is 0.0385. The number of aliphatic hydroxyl groups excluding tert-OH is 1. The number of non-ortho nitro benzene ring substituents is 1. The molecule has 104 valence electrons. The molecule has 0 heterocycles. The van der Waals surface area contributed by atoms with Gasteiger partial charge in [0.15, 0.2) is 0 Å². The molecule has 5 nitrogen and oxygen atoms in total. The molecule has 1 N–H and O–H groups in total. The molecule has 0 unspecified atom stereocenters. The lowest BCUT2D eigenvalue weighted by atomic mass is 10.2. The van der Waals surface area contributed by atoms with Crippen LogP contribution in [0.4, 0.5) is 10.1 Å². The molecular formula is C13H9ClFNO4. The Bertz CT molecular complexity index is 663. The Balaban J connectivity index is 2.32. The van der Waals surface area contributed by atoms with Crippen molar-refractivity contribution in [3.63, 3.8) is 0 Å². The summed E-state index contributed by atoms with van der Waals surface area (Å²) in [6.07, 6.45) is 0. The zero-order chi connectivity index (χ0) is 14.7. The molecular weight excluding hydrogens is 289 g/mol. The average molecular weight is 298 g/mol. The lowest BCUT2D eigenvalue weighted by Crippen LogP contribution is -1.95. The van der Waals surface area contributed by atoms with Crippen LogP contribution in [0, 0.1) is 15.9 Å². The van der Waals surface area contributed by atoms with Crippen LogP contribution in [0.1, 0.15) is 5.56 Å². The van der Waals surface area contributed by atoms with Gasteiger partial charge in [-0.05, 0) is 18.2 Å². The molecule has 2 aromatic rings. The molecule has 0 fully saturated rings. The van der Waals surface area contributed by atoms with E-state index in [-0.39, 0.29) is 27.8 Å². The second-order valence-corrected chi connectivity index (χ2v) is 4.29. The Morgan fingerprint density at radius 3 is 2.65 bits per heavy atom. The van der Waals surface area contributed by atoms with Gasteiger partial charge in [-0.2, -0.15) is 0 Å². The third kappa shape index (κ3) is 3.04. The van der Waals surface area contributed by atoms with Crippen LogP contribution in [0.25, 0.3) is 0 Å². The van der Waals surface area contributed by atoms with Crippen LogP contribution in [-0.2, 0) is 6.61 Å². The quantitative estimate of drug-likeness (QED) is 0.690. The van der Waals surface area contributed by atoms with Gasteiger partial charge in [0.25, 0.3) is 5.69 Å². The number of halogens is 2. The summed E-state index contributed by atoms with van der Waals surface area (Å²) < 4.78 is 18.7. The fourth-order valence-electron chi connectivity index (χ4n) is 1.57. The van der Waals surface area contributed by atoms with Crippen LogP contribution in [0.5, 0.6) is 11.5 Å². The molecule has 0 bridgehead atoms. The summed E-state index contributed by atoms with van der Waals surface area (Å²) in [5.74, 6) is -0.257. The van der Waals surface area contributed by atoms with E-state index in [1.807, 2.05) is 0 Å². The molecule has 0 spiro atoms. The van der Waals surface area contributed by atoms with Crippen molar-refractivity contribution in [3.05, 3.63) is 62.9 Å². The van der Waals surface area contributed by atoms with Gasteiger partial charge in [0.2, 0.25) is 0 Å². The van der Waals surface area contributed by atoms with Crippen molar-refractivity contribution in [2.75, 3.05) is 0 Å². The number of aliphatic hydroxyl groups is 1. The molecule has 0 aliphatic rings. The maximum atomic E-state index is 13.3. The highest BCUT2D eigenvalue weighted by Gasteiger charge is 2.12. The highest BCUT2D eigenvalue weighted by atomic mass is 35.5. The van der Waals surface area contributed by atoms with Crippen LogP contribution in [-0.4, -0.2) is 10.0 Å². The van der Waals surface area contributed by atoms with E-state index in [4.69, 9.17) is 16.3 Å². The van der Waals surface area contributed by atoms with E-state index in [1.165, 1.54) is 30.3 Å². The minimum atomic E-state index is -0.642. The Morgan fingerprint density at radius 1 is 1.30 bits per heavy atom. The summed E-state index contributed by atoms with van der Waals surface area (Å²) >= 11 is 5.55. The maximum absolute atomic E-state index is 13.3. The first-order valence-corrected chi connectivity index (χ1v) is 5.90. The highest BCUT2D eigenvalue weighted by molar-refractivity contribution is 6.30. The molecule has 0 radical (unpaired) electrons. The summed E-state index contributed by atoms with van der Waals surface area (Å²) in [6.45, 7) is -0.437. The number of benzene rings is 2. The highest BCUT2D eigenvalue weighted by Crippen LogP contribution is 2.30. The van der Waals surface area contributed by atoms with Crippen molar-refractivity contribution in [2.24, 2.45) is 0 Å². The first-order valence-electron chi connectivity index (χ1n) is 5.52. The van der Waals surface area contributed by atoms with Crippen molar-refractivity contribution < 1.29 is 19.2 Å². The first kappa shape index (κ1) is 14.2. The molecule has 0 aliphatic carbocycles. The van der Waals surface area contributed by atoms with E-state index < -0.39 is 17.3 Å². The maximum Gasteiger partial charge on any atom is 0.270 e. The summed E-state index contributed by atoms with van der Waals surface area (Å²) in [4.78, 5) is 10.1. The standard InChI is InChI=1S/C13H9ClFNO4/c14-11-3-2-10(6-12(11)15)20-13-4-1-9(16(18)19)5-8(13)7-17/h1-6,17H,7H2. The van der Waals surface area contributed by atoms with Crippen LogP contribution in [0.15, 0.2) is 36.4 Å². The number of nitro groups is 1. The van der Waals surface area contributed by atoms with Crippen LogP contribution in [0.3, 0.4) is 0 Å². The normalized spacial score (nSPS) is 10.3. The smallest absolute Gasteiger partial charge is 0.270 e. The molecule has 2 aromatic carbocycles. The fourth-order valence-corrected chi connectivity index (χ4v) is 1.69. The van der Waals surface area contributed by atoms with Gasteiger partial charge in [0, 0.05) is 23.8 Å². The summed E-state index contributed by atoms with van der Waals surface area (Å²) in [6, 6.07) is 7.65. The Labute approximate surface area is 118 Å². The van der Waals surface area contributed by atoms with Crippen molar-refractivity contribution in [1.29, 1.82) is 0 Å². The summed E-state index contributed by atoms with van der Waals surface area (Å²) in [5, 5.41) is 19.8.